The van der Waals surface area contributed by atoms with Gasteiger partial charge in [0.05, 0.1) is 5.92 Å². The Morgan fingerprint density at radius 2 is 2.11 bits per heavy atom. The summed E-state index contributed by atoms with van der Waals surface area (Å²) in [6.07, 6.45) is 0.832. The van der Waals surface area contributed by atoms with E-state index >= 15 is 0 Å². The number of rotatable bonds is 2. The van der Waals surface area contributed by atoms with Gasteiger partial charge in [0.25, 0.3) is 0 Å². The van der Waals surface area contributed by atoms with Crippen LogP contribution in [0.5, 0.6) is 0 Å². The number of benzene rings is 1. The molecule has 1 heterocycles. The Labute approximate surface area is 109 Å². The number of hydrogen-bond acceptors (Lipinski definition) is 2. The van der Waals surface area contributed by atoms with Crippen LogP contribution in [0.3, 0.4) is 0 Å². The summed E-state index contributed by atoms with van der Waals surface area (Å²) in [7, 11) is 0. The van der Waals surface area contributed by atoms with Crippen LogP contribution in [0.25, 0.3) is 0 Å². The maximum atomic E-state index is 12.1. The number of carbonyl (C=O) groups is 1. The largest absolute Gasteiger partial charge is 0.384 e. The van der Waals surface area contributed by atoms with Gasteiger partial charge in [-0.1, -0.05) is 39.0 Å². The van der Waals surface area contributed by atoms with Crippen LogP contribution in [0, 0.1) is 11.3 Å². The molecule has 1 unspecified atom stereocenters. The third kappa shape index (κ3) is 3.25. The first-order chi connectivity index (χ1) is 8.46. The van der Waals surface area contributed by atoms with Crippen molar-refractivity contribution in [3.63, 3.8) is 0 Å². The molecule has 0 spiro atoms. The molecule has 0 saturated heterocycles. The lowest BCUT2D eigenvalue weighted by atomic mass is 9.92. The molecular weight excluding hydrogens is 224 g/mol. The van der Waals surface area contributed by atoms with Crippen molar-refractivity contribution in [3.05, 3.63) is 29.8 Å². The van der Waals surface area contributed by atoms with Gasteiger partial charge in [-0.15, -0.1) is 0 Å². The summed E-state index contributed by atoms with van der Waals surface area (Å²) in [4.78, 5) is 12.1. The predicted octanol–water partition coefficient (Wildman–Crippen LogP) is 2.43. The van der Waals surface area contributed by atoms with Crippen molar-refractivity contribution < 1.29 is 4.79 Å². The monoisotopic (exact) mass is 246 g/mol. The summed E-state index contributed by atoms with van der Waals surface area (Å²) in [5, 5.41) is 6.37. The smallest absolute Gasteiger partial charge is 0.225 e. The van der Waals surface area contributed by atoms with Gasteiger partial charge in [0.1, 0.15) is 0 Å². The Kier molecular flexibility index (Phi) is 3.60. The van der Waals surface area contributed by atoms with Crippen molar-refractivity contribution in [1.82, 2.24) is 5.32 Å². The highest BCUT2D eigenvalue weighted by molar-refractivity contribution is 5.80. The number of nitrogens with one attached hydrogen (secondary N) is 2. The maximum Gasteiger partial charge on any atom is 0.225 e. The van der Waals surface area contributed by atoms with Gasteiger partial charge in [0.15, 0.2) is 0 Å². The van der Waals surface area contributed by atoms with Gasteiger partial charge in [-0.3, -0.25) is 4.79 Å². The molecule has 98 valence electrons. The minimum atomic E-state index is 0.0437. The minimum Gasteiger partial charge on any atom is -0.384 e. The predicted molar refractivity (Wildman–Crippen MR) is 74.6 cm³/mol. The summed E-state index contributed by atoms with van der Waals surface area (Å²) in [6, 6.07) is 8.20. The molecule has 3 heteroatoms. The van der Waals surface area contributed by atoms with Gasteiger partial charge >= 0.3 is 0 Å². The summed E-state index contributed by atoms with van der Waals surface area (Å²) in [5.41, 5.74) is 2.53. The van der Waals surface area contributed by atoms with Crippen LogP contribution >= 0.6 is 0 Å². The Hall–Kier alpha value is -1.51. The molecule has 18 heavy (non-hydrogen) atoms. The summed E-state index contributed by atoms with van der Waals surface area (Å²) in [6.45, 7) is 7.84. The van der Waals surface area contributed by atoms with E-state index in [1.165, 1.54) is 5.56 Å². The molecular formula is C15H22N2O. The molecule has 0 bridgehead atoms. The number of hydrogen-bond donors (Lipinski definition) is 2. The van der Waals surface area contributed by atoms with E-state index in [9.17, 15) is 4.79 Å². The van der Waals surface area contributed by atoms with Crippen LogP contribution in [0.1, 0.15) is 26.3 Å². The van der Waals surface area contributed by atoms with E-state index < -0.39 is 0 Å². The van der Waals surface area contributed by atoms with Crippen LogP contribution in [-0.2, 0) is 11.2 Å². The van der Waals surface area contributed by atoms with E-state index in [0.29, 0.717) is 0 Å². The van der Waals surface area contributed by atoms with Crippen molar-refractivity contribution in [2.45, 2.75) is 27.2 Å². The van der Waals surface area contributed by atoms with Crippen LogP contribution in [0.2, 0.25) is 0 Å². The topological polar surface area (TPSA) is 41.1 Å². The second-order valence-electron chi connectivity index (χ2n) is 6.22. The van der Waals surface area contributed by atoms with Gasteiger partial charge in [-0.05, 0) is 23.5 Å². The SMILES string of the molecule is CC(C)(C)CNC(=O)C1CNc2ccccc2C1. The first kappa shape index (κ1) is 12.9. The molecule has 1 aliphatic rings. The molecule has 0 aliphatic carbocycles. The van der Waals surface area contributed by atoms with E-state index in [1.807, 2.05) is 12.1 Å². The number of anilines is 1. The number of para-hydroxylation sites is 1. The molecule has 2 N–H and O–H groups in total. The Morgan fingerprint density at radius 3 is 2.83 bits per heavy atom. The molecule has 0 aromatic heterocycles. The van der Waals surface area contributed by atoms with Crippen LogP contribution < -0.4 is 10.6 Å². The molecule has 0 saturated carbocycles. The highest BCUT2D eigenvalue weighted by Crippen LogP contribution is 2.24. The summed E-state index contributed by atoms with van der Waals surface area (Å²) >= 11 is 0. The van der Waals surface area contributed by atoms with Crippen molar-refractivity contribution in [3.8, 4) is 0 Å². The van der Waals surface area contributed by atoms with E-state index in [2.05, 4.69) is 43.5 Å². The second-order valence-corrected chi connectivity index (χ2v) is 6.22. The highest BCUT2D eigenvalue weighted by Gasteiger charge is 2.24. The van der Waals surface area contributed by atoms with E-state index in [0.717, 1.165) is 25.2 Å². The first-order valence-corrected chi connectivity index (χ1v) is 6.55. The molecule has 0 fully saturated rings. The maximum absolute atomic E-state index is 12.1. The van der Waals surface area contributed by atoms with Crippen molar-refractivity contribution in [2.24, 2.45) is 11.3 Å². The zero-order valence-electron chi connectivity index (χ0n) is 11.4. The number of amides is 1. The van der Waals surface area contributed by atoms with Crippen LogP contribution in [0.15, 0.2) is 24.3 Å². The molecule has 1 amide bonds. The third-order valence-electron chi connectivity index (χ3n) is 3.19. The van der Waals surface area contributed by atoms with Gasteiger partial charge < -0.3 is 10.6 Å². The fraction of sp³-hybridized carbons (Fsp3) is 0.533. The van der Waals surface area contributed by atoms with Gasteiger partial charge in [0.2, 0.25) is 5.91 Å². The minimum absolute atomic E-state index is 0.0437. The van der Waals surface area contributed by atoms with Gasteiger partial charge in [0, 0.05) is 18.8 Å². The quantitative estimate of drug-likeness (QED) is 0.841. The highest BCUT2D eigenvalue weighted by atomic mass is 16.1. The molecule has 1 aliphatic heterocycles. The molecule has 3 nitrogen and oxygen atoms in total. The number of carbonyl (C=O) groups excluding carboxylic acids is 1. The second kappa shape index (κ2) is 5.01. The van der Waals surface area contributed by atoms with E-state index in [1.54, 1.807) is 0 Å². The molecule has 2 rings (SSSR count). The summed E-state index contributed by atoms with van der Waals surface area (Å²) in [5.74, 6) is 0.203. The fourth-order valence-electron chi connectivity index (χ4n) is 2.12. The van der Waals surface area contributed by atoms with Crippen LogP contribution in [-0.4, -0.2) is 19.0 Å². The lowest BCUT2D eigenvalue weighted by Crippen LogP contribution is -2.41. The Bertz CT molecular complexity index is 434. The average molecular weight is 246 g/mol. The first-order valence-electron chi connectivity index (χ1n) is 6.55. The average Bonchev–Trinajstić information content (AvgIpc) is 2.34. The Morgan fingerprint density at radius 1 is 1.39 bits per heavy atom. The molecule has 0 radical (unpaired) electrons. The Balaban J connectivity index is 1.95. The van der Waals surface area contributed by atoms with Gasteiger partial charge in [-0.2, -0.15) is 0 Å². The normalized spacial score (nSPS) is 18.7. The third-order valence-corrected chi connectivity index (χ3v) is 3.19. The van der Waals surface area contributed by atoms with E-state index in [4.69, 9.17) is 0 Å². The van der Waals surface area contributed by atoms with Crippen molar-refractivity contribution >= 4 is 11.6 Å². The fourth-order valence-corrected chi connectivity index (χ4v) is 2.12. The number of fused-ring (bicyclic) bond motifs is 1. The molecule has 1 aromatic carbocycles. The van der Waals surface area contributed by atoms with Crippen molar-refractivity contribution in [2.75, 3.05) is 18.4 Å². The lowest BCUT2D eigenvalue weighted by Gasteiger charge is -2.27. The van der Waals surface area contributed by atoms with Gasteiger partial charge in [-0.25, -0.2) is 0 Å². The molecule has 1 aromatic rings. The zero-order chi connectivity index (χ0) is 13.2. The van der Waals surface area contributed by atoms with E-state index in [-0.39, 0.29) is 17.2 Å². The zero-order valence-corrected chi connectivity index (χ0v) is 11.4. The van der Waals surface area contributed by atoms with Crippen molar-refractivity contribution in [1.29, 1.82) is 0 Å². The molecule has 1 atom stereocenters. The lowest BCUT2D eigenvalue weighted by molar-refractivity contribution is -0.125. The standard InChI is InChI=1S/C15H22N2O/c1-15(2,3)10-17-14(18)12-8-11-6-4-5-7-13(11)16-9-12/h4-7,12,16H,8-10H2,1-3H3,(H,17,18). The summed E-state index contributed by atoms with van der Waals surface area (Å²) < 4.78 is 0. The van der Waals surface area contributed by atoms with Crippen LogP contribution in [0.4, 0.5) is 5.69 Å².